The molecule has 0 N–H and O–H groups in total. The van der Waals surface area contributed by atoms with Crippen molar-refractivity contribution in [2.24, 2.45) is 10.2 Å². The van der Waals surface area contributed by atoms with Crippen LogP contribution in [0.3, 0.4) is 0 Å². The number of rotatable bonds is 5. The van der Waals surface area contributed by atoms with Gasteiger partial charge in [-0.25, -0.2) is 9.18 Å². The zero-order valence-electron chi connectivity index (χ0n) is 23.6. The van der Waals surface area contributed by atoms with Gasteiger partial charge < -0.3 is 0 Å². The molecule has 0 saturated carbocycles. The van der Waals surface area contributed by atoms with E-state index in [9.17, 15) is 0 Å². The van der Waals surface area contributed by atoms with Gasteiger partial charge in [-0.3, -0.25) is 0 Å². The van der Waals surface area contributed by atoms with Crippen LogP contribution in [0.15, 0.2) is 34.5 Å². The quantitative estimate of drug-likeness (QED) is 0.133. The van der Waals surface area contributed by atoms with E-state index in [1.807, 2.05) is 62.3 Å². The SMILES string of the molecule is Cc1cc(C)c(C2=[P+](c3nc(N=[N+]=[N-])nc(N=[N+]=[N-])n3)C(c3c(C)cc(C)cc3C)=P2(F)C(C)(C)C)c(C)c1. The minimum Gasteiger partial charge on any atom is -0.216 e. The van der Waals surface area contributed by atoms with Gasteiger partial charge in [0.05, 0.1) is 0 Å². The predicted octanol–water partition coefficient (Wildman–Crippen LogP) is 8.78. The van der Waals surface area contributed by atoms with Crippen molar-refractivity contribution in [1.29, 1.82) is 0 Å². The number of halogens is 1. The molecule has 12 heteroatoms. The number of aromatic nitrogens is 3. The molecule has 0 amide bonds. The minimum atomic E-state index is -3.46. The predicted molar refractivity (Wildman–Crippen MR) is 161 cm³/mol. The molecule has 2 heterocycles. The van der Waals surface area contributed by atoms with E-state index in [4.69, 9.17) is 11.1 Å². The van der Waals surface area contributed by atoms with Crippen molar-refractivity contribution in [3.8, 4) is 0 Å². The van der Waals surface area contributed by atoms with Crippen LogP contribution in [0.5, 0.6) is 0 Å². The molecule has 0 saturated heterocycles. The Kier molecular flexibility index (Phi) is 7.46. The maximum Gasteiger partial charge on any atom is 0.345 e. The molecule has 4 rings (SSSR count). The largest absolute Gasteiger partial charge is 0.345 e. The van der Waals surface area contributed by atoms with Crippen molar-refractivity contribution >= 4 is 42.3 Å². The number of nitrogens with zero attached hydrogens (tertiary/aromatic N) is 9. The highest BCUT2D eigenvalue weighted by Gasteiger charge is 2.62. The van der Waals surface area contributed by atoms with Gasteiger partial charge in [-0.05, 0) is 85.1 Å². The Balaban J connectivity index is 2.26. The Bertz CT molecular complexity index is 1660. The van der Waals surface area contributed by atoms with Crippen LogP contribution < -0.4 is 5.57 Å². The molecule has 2 unspecified atom stereocenters. The first-order valence-corrected chi connectivity index (χ1v) is 15.4. The monoisotopic (exact) mass is 562 g/mol. The van der Waals surface area contributed by atoms with Crippen LogP contribution in [0.25, 0.3) is 20.9 Å². The fourth-order valence-corrected chi connectivity index (χ4v) is 15.4. The molecule has 0 fully saturated rings. The first kappa shape index (κ1) is 28.5. The van der Waals surface area contributed by atoms with E-state index < -0.39 is 19.9 Å². The summed E-state index contributed by atoms with van der Waals surface area (Å²) in [4.78, 5) is 18.6. The van der Waals surface area contributed by atoms with E-state index in [2.05, 4.69) is 59.3 Å². The molecule has 3 aromatic rings. The lowest BCUT2D eigenvalue weighted by Gasteiger charge is -2.38. The fourth-order valence-electron chi connectivity index (χ4n) is 5.47. The van der Waals surface area contributed by atoms with Crippen LogP contribution in [0.1, 0.15) is 65.3 Å². The standard InChI is InChI=1S/C27H31FN9P2/c1-14-10-16(3)20(17(4)11-14)22-38(26-32-24(34-36-29)31-25(33-26)35-37-30)23(39(22,28)27(7,8)9)21-18(5)12-15(2)13-19(21)6/h10-13H,1-9H3/q+1. The summed E-state index contributed by atoms with van der Waals surface area (Å²) in [5, 5.41) is 7.84. The number of benzene rings is 2. The van der Waals surface area contributed by atoms with Gasteiger partial charge in [0.1, 0.15) is 0 Å². The molecular formula is C27H31FN9P2+. The number of hydrogen-bond donors (Lipinski definition) is 0. The average Bonchev–Trinajstić information content (AvgIpc) is 2.80. The van der Waals surface area contributed by atoms with Gasteiger partial charge in [0.2, 0.25) is 19.4 Å². The van der Waals surface area contributed by atoms with Crippen molar-refractivity contribution in [3.05, 3.63) is 89.7 Å². The molecule has 1 aromatic heterocycles. The highest BCUT2D eigenvalue weighted by atomic mass is 31.2. The first-order chi connectivity index (χ1) is 18.2. The summed E-state index contributed by atoms with van der Waals surface area (Å²) in [6, 6.07) is 8.28. The number of azide groups is 2. The molecule has 0 spiro atoms. The van der Waals surface area contributed by atoms with E-state index in [0.717, 1.165) is 44.5 Å². The van der Waals surface area contributed by atoms with Gasteiger partial charge in [-0.2, -0.15) is 9.97 Å². The summed E-state index contributed by atoms with van der Waals surface area (Å²) < 4.78 is 18.3. The van der Waals surface area contributed by atoms with Crippen molar-refractivity contribution in [2.45, 2.75) is 67.5 Å². The molecule has 9 nitrogen and oxygen atoms in total. The van der Waals surface area contributed by atoms with Crippen molar-refractivity contribution in [2.75, 3.05) is 0 Å². The summed E-state index contributed by atoms with van der Waals surface area (Å²) in [6.07, 6.45) is 0. The molecule has 1 aliphatic rings. The molecule has 0 bridgehead atoms. The molecular weight excluding hydrogens is 531 g/mol. The lowest BCUT2D eigenvalue weighted by molar-refractivity contribution is 0.727. The average molecular weight is 563 g/mol. The molecule has 200 valence electrons. The summed E-state index contributed by atoms with van der Waals surface area (Å²) in [5.41, 5.74) is 26.3. The molecule has 0 aliphatic carbocycles. The van der Waals surface area contributed by atoms with Gasteiger partial charge in [-0.1, -0.05) is 56.2 Å². The van der Waals surface area contributed by atoms with Gasteiger partial charge in [0.15, 0.2) is 17.3 Å². The van der Waals surface area contributed by atoms with Crippen molar-refractivity contribution < 1.29 is 4.20 Å². The van der Waals surface area contributed by atoms with Crippen LogP contribution in [0.4, 0.5) is 16.1 Å². The molecule has 0 radical (unpaired) electrons. The molecule has 1 aliphatic heterocycles. The van der Waals surface area contributed by atoms with Gasteiger partial charge >= 0.3 is 5.57 Å². The van der Waals surface area contributed by atoms with E-state index in [1.54, 1.807) is 0 Å². The summed E-state index contributed by atoms with van der Waals surface area (Å²) in [6.45, 7) is 17.9. The third-order valence-corrected chi connectivity index (χ3v) is 15.0. The van der Waals surface area contributed by atoms with E-state index >= 15 is 4.20 Å². The van der Waals surface area contributed by atoms with Gasteiger partial charge in [0, 0.05) is 26.1 Å². The lowest BCUT2D eigenvalue weighted by Crippen LogP contribution is -2.35. The zero-order valence-corrected chi connectivity index (χ0v) is 25.4. The third-order valence-electron chi connectivity index (χ3n) is 6.80. The number of hydrogen-bond acceptors (Lipinski definition) is 5. The Labute approximate surface area is 228 Å². The normalized spacial score (nSPS) is 17.8. The van der Waals surface area contributed by atoms with Gasteiger partial charge in [-0.15, -0.1) is 0 Å². The van der Waals surface area contributed by atoms with Crippen molar-refractivity contribution in [1.82, 2.24) is 15.0 Å². The first-order valence-electron chi connectivity index (χ1n) is 12.4. The smallest absolute Gasteiger partial charge is 0.216 e. The van der Waals surface area contributed by atoms with E-state index in [1.165, 1.54) is 0 Å². The lowest BCUT2D eigenvalue weighted by atomic mass is 10.0. The van der Waals surface area contributed by atoms with Crippen LogP contribution in [-0.2, 0) is 0 Å². The van der Waals surface area contributed by atoms with Gasteiger partial charge in [0.25, 0.3) is 0 Å². The summed E-state index contributed by atoms with van der Waals surface area (Å²) in [7, 11) is -5.04. The Hall–Kier alpha value is -3.53. The topological polar surface area (TPSA) is 136 Å². The Morgan fingerprint density at radius 1 is 0.744 bits per heavy atom. The second-order valence-corrected chi connectivity index (χ2v) is 17.0. The summed E-state index contributed by atoms with van der Waals surface area (Å²) >= 11 is 0. The van der Waals surface area contributed by atoms with Crippen molar-refractivity contribution in [3.63, 3.8) is 0 Å². The second-order valence-electron chi connectivity index (χ2n) is 10.9. The van der Waals surface area contributed by atoms with E-state index in [-0.39, 0.29) is 17.5 Å². The third kappa shape index (κ3) is 4.75. The van der Waals surface area contributed by atoms with Crippen LogP contribution in [-0.4, -0.2) is 30.2 Å². The van der Waals surface area contributed by atoms with E-state index in [0.29, 0.717) is 10.1 Å². The Morgan fingerprint density at radius 2 is 1.15 bits per heavy atom. The summed E-state index contributed by atoms with van der Waals surface area (Å²) in [5.74, 6) is -0.433. The maximum absolute atomic E-state index is 18.3. The molecule has 2 atom stereocenters. The van der Waals surface area contributed by atoms with Crippen LogP contribution in [0.2, 0.25) is 0 Å². The van der Waals surface area contributed by atoms with Crippen LogP contribution >= 0.6 is 14.7 Å². The maximum atomic E-state index is 18.3. The Morgan fingerprint density at radius 3 is 1.54 bits per heavy atom. The highest BCUT2D eigenvalue weighted by molar-refractivity contribution is 8.21. The minimum absolute atomic E-state index is 0.216. The molecule has 2 aromatic carbocycles. The zero-order chi connectivity index (χ0) is 28.9. The second kappa shape index (κ2) is 10.2. The number of aryl methyl sites for hydroxylation is 6. The van der Waals surface area contributed by atoms with Crippen LogP contribution in [0, 0.1) is 41.5 Å². The molecule has 39 heavy (non-hydrogen) atoms. The fraction of sp³-hybridized carbons (Fsp3) is 0.370. The highest BCUT2D eigenvalue weighted by Crippen LogP contribution is 2.77.